The van der Waals surface area contributed by atoms with Crippen molar-refractivity contribution in [2.45, 2.75) is 39.7 Å². The van der Waals surface area contributed by atoms with E-state index in [1.807, 2.05) is 29.9 Å². The Balaban J connectivity index is 1.56. The van der Waals surface area contributed by atoms with Crippen LogP contribution in [0.4, 0.5) is 5.69 Å². The molecule has 1 N–H and O–H groups in total. The van der Waals surface area contributed by atoms with E-state index in [-0.39, 0.29) is 5.91 Å². The summed E-state index contributed by atoms with van der Waals surface area (Å²) in [7, 11) is 0. The largest absolute Gasteiger partial charge is 0.451 e. The Morgan fingerprint density at radius 3 is 3.00 bits per heavy atom. The number of amides is 1. The zero-order valence-corrected chi connectivity index (χ0v) is 14.0. The van der Waals surface area contributed by atoms with Gasteiger partial charge in [0.15, 0.2) is 5.76 Å². The monoisotopic (exact) mass is 323 g/mol. The van der Waals surface area contributed by atoms with Gasteiger partial charge in [0, 0.05) is 23.7 Å². The van der Waals surface area contributed by atoms with E-state index in [2.05, 4.69) is 23.4 Å². The van der Waals surface area contributed by atoms with Gasteiger partial charge >= 0.3 is 0 Å². The van der Waals surface area contributed by atoms with Crippen LogP contribution in [0.25, 0.3) is 11.0 Å². The lowest BCUT2D eigenvalue weighted by atomic mass is 10.1. The minimum absolute atomic E-state index is 0.229. The highest BCUT2D eigenvalue weighted by Gasteiger charge is 2.22. The predicted octanol–water partition coefficient (Wildman–Crippen LogP) is 4.16. The van der Waals surface area contributed by atoms with Gasteiger partial charge in [-0.3, -0.25) is 9.48 Å². The number of furan rings is 1. The maximum absolute atomic E-state index is 12.6. The standard InChI is InChI=1S/C19H21N3O2/c1-3-13-6-7-17-16(8-13)12(2)18(24-17)19(23)21-15-9-20-22(11-15)10-14-4-5-14/h6-9,11,14H,3-5,10H2,1-2H3,(H,21,23). The summed E-state index contributed by atoms with van der Waals surface area (Å²) in [4.78, 5) is 12.6. The molecule has 5 heteroatoms. The van der Waals surface area contributed by atoms with Crippen molar-refractivity contribution in [1.82, 2.24) is 9.78 Å². The number of fused-ring (bicyclic) bond motifs is 1. The highest BCUT2D eigenvalue weighted by atomic mass is 16.3. The molecule has 1 aliphatic rings. The Kier molecular flexibility index (Phi) is 3.63. The summed E-state index contributed by atoms with van der Waals surface area (Å²) < 4.78 is 7.67. The molecule has 0 radical (unpaired) electrons. The van der Waals surface area contributed by atoms with Crippen molar-refractivity contribution in [3.63, 3.8) is 0 Å². The fraction of sp³-hybridized carbons (Fsp3) is 0.368. The highest BCUT2D eigenvalue weighted by Crippen LogP contribution is 2.31. The van der Waals surface area contributed by atoms with Crippen LogP contribution in [0.1, 0.15) is 41.4 Å². The first-order valence-electron chi connectivity index (χ1n) is 8.50. The molecule has 2 aromatic heterocycles. The van der Waals surface area contributed by atoms with Gasteiger partial charge in [-0.25, -0.2) is 0 Å². The second-order valence-electron chi connectivity index (χ2n) is 6.59. The quantitative estimate of drug-likeness (QED) is 0.767. The Morgan fingerprint density at radius 1 is 1.42 bits per heavy atom. The molecule has 0 spiro atoms. The van der Waals surface area contributed by atoms with E-state index in [1.165, 1.54) is 18.4 Å². The second-order valence-corrected chi connectivity index (χ2v) is 6.59. The Hall–Kier alpha value is -2.56. The molecule has 0 unspecified atom stereocenters. The van der Waals surface area contributed by atoms with E-state index < -0.39 is 0 Å². The topological polar surface area (TPSA) is 60.1 Å². The molecule has 1 amide bonds. The summed E-state index contributed by atoms with van der Waals surface area (Å²) in [6.45, 7) is 4.97. The summed E-state index contributed by atoms with van der Waals surface area (Å²) in [5.41, 5.74) is 3.57. The zero-order valence-electron chi connectivity index (χ0n) is 14.0. The first-order chi connectivity index (χ1) is 11.6. The van der Waals surface area contributed by atoms with E-state index >= 15 is 0 Å². The fourth-order valence-electron chi connectivity index (χ4n) is 2.99. The highest BCUT2D eigenvalue weighted by molar-refractivity contribution is 6.06. The van der Waals surface area contributed by atoms with Crippen molar-refractivity contribution >= 4 is 22.6 Å². The number of hydrogen-bond donors (Lipinski definition) is 1. The van der Waals surface area contributed by atoms with Gasteiger partial charge in [0.05, 0.1) is 11.9 Å². The summed E-state index contributed by atoms with van der Waals surface area (Å²) in [6, 6.07) is 6.07. The smallest absolute Gasteiger partial charge is 0.291 e. The number of anilines is 1. The van der Waals surface area contributed by atoms with E-state index in [9.17, 15) is 4.79 Å². The van der Waals surface area contributed by atoms with E-state index in [0.717, 1.165) is 35.4 Å². The molecule has 2 heterocycles. The molecule has 4 rings (SSSR count). The summed E-state index contributed by atoms with van der Waals surface area (Å²) in [5.74, 6) is 0.889. The van der Waals surface area contributed by atoms with Gasteiger partial charge in [0.25, 0.3) is 5.91 Å². The molecule has 1 aromatic carbocycles. The Labute approximate surface area is 140 Å². The summed E-state index contributed by atoms with van der Waals surface area (Å²) >= 11 is 0. The lowest BCUT2D eigenvalue weighted by Crippen LogP contribution is -2.11. The number of nitrogens with one attached hydrogen (secondary N) is 1. The minimum atomic E-state index is -0.229. The molecule has 3 aromatic rings. The number of benzene rings is 1. The molecular weight excluding hydrogens is 302 g/mol. The SMILES string of the molecule is CCc1ccc2oc(C(=O)Nc3cnn(CC4CC4)c3)c(C)c2c1. The molecule has 24 heavy (non-hydrogen) atoms. The van der Waals surface area contributed by atoms with Gasteiger partial charge in [0.1, 0.15) is 5.58 Å². The van der Waals surface area contributed by atoms with Gasteiger partial charge in [-0.2, -0.15) is 5.10 Å². The van der Waals surface area contributed by atoms with Gasteiger partial charge in [-0.1, -0.05) is 13.0 Å². The van der Waals surface area contributed by atoms with Crippen LogP contribution in [0, 0.1) is 12.8 Å². The molecule has 1 fully saturated rings. The summed E-state index contributed by atoms with van der Waals surface area (Å²) in [6.07, 6.45) is 7.08. The van der Waals surface area contributed by atoms with Crippen LogP contribution in [-0.4, -0.2) is 15.7 Å². The molecular formula is C19H21N3O2. The normalized spacial score (nSPS) is 14.2. The van der Waals surface area contributed by atoms with Crippen molar-refractivity contribution in [3.05, 3.63) is 47.5 Å². The fourth-order valence-corrected chi connectivity index (χ4v) is 2.99. The molecule has 124 valence electrons. The number of aromatic nitrogens is 2. The van der Waals surface area contributed by atoms with E-state index in [0.29, 0.717) is 11.4 Å². The average Bonchev–Trinajstić information content (AvgIpc) is 3.19. The van der Waals surface area contributed by atoms with Crippen LogP contribution >= 0.6 is 0 Å². The Bertz CT molecular complexity index is 903. The van der Waals surface area contributed by atoms with E-state index in [4.69, 9.17) is 4.42 Å². The first-order valence-corrected chi connectivity index (χ1v) is 8.50. The number of carbonyl (C=O) groups is 1. The summed E-state index contributed by atoms with van der Waals surface area (Å²) in [5, 5.41) is 8.19. The number of aryl methyl sites for hydroxylation is 2. The number of carbonyl (C=O) groups excluding carboxylic acids is 1. The molecule has 0 saturated heterocycles. The molecule has 0 atom stereocenters. The van der Waals surface area contributed by atoms with E-state index in [1.54, 1.807) is 6.20 Å². The van der Waals surface area contributed by atoms with Crippen LogP contribution in [0.5, 0.6) is 0 Å². The lowest BCUT2D eigenvalue weighted by molar-refractivity contribution is 0.0998. The van der Waals surface area contributed by atoms with Crippen LogP contribution < -0.4 is 5.32 Å². The number of nitrogens with zero attached hydrogens (tertiary/aromatic N) is 2. The first kappa shape index (κ1) is 15.0. The van der Waals surface area contributed by atoms with Crippen LogP contribution in [0.2, 0.25) is 0 Å². The van der Waals surface area contributed by atoms with Crippen LogP contribution in [0.3, 0.4) is 0 Å². The van der Waals surface area contributed by atoms with Crippen molar-refractivity contribution in [2.24, 2.45) is 5.92 Å². The minimum Gasteiger partial charge on any atom is -0.451 e. The van der Waals surface area contributed by atoms with Crippen molar-refractivity contribution in [1.29, 1.82) is 0 Å². The third-order valence-corrected chi connectivity index (χ3v) is 4.65. The van der Waals surface area contributed by atoms with Gasteiger partial charge < -0.3 is 9.73 Å². The maximum atomic E-state index is 12.6. The molecule has 0 aliphatic heterocycles. The molecule has 1 saturated carbocycles. The van der Waals surface area contributed by atoms with Crippen molar-refractivity contribution < 1.29 is 9.21 Å². The molecule has 5 nitrogen and oxygen atoms in total. The zero-order chi connectivity index (χ0) is 16.7. The lowest BCUT2D eigenvalue weighted by Gasteiger charge is -2.00. The van der Waals surface area contributed by atoms with Crippen molar-refractivity contribution in [3.8, 4) is 0 Å². The average molecular weight is 323 g/mol. The molecule has 1 aliphatic carbocycles. The maximum Gasteiger partial charge on any atom is 0.291 e. The number of rotatable bonds is 5. The van der Waals surface area contributed by atoms with Crippen LogP contribution in [-0.2, 0) is 13.0 Å². The van der Waals surface area contributed by atoms with Crippen LogP contribution in [0.15, 0.2) is 35.0 Å². The third kappa shape index (κ3) is 2.82. The Morgan fingerprint density at radius 2 is 2.25 bits per heavy atom. The van der Waals surface area contributed by atoms with Crippen molar-refractivity contribution in [2.75, 3.05) is 5.32 Å². The second kappa shape index (κ2) is 5.82. The van der Waals surface area contributed by atoms with Gasteiger partial charge in [-0.05, 0) is 49.8 Å². The third-order valence-electron chi connectivity index (χ3n) is 4.65. The van der Waals surface area contributed by atoms with Gasteiger partial charge in [-0.15, -0.1) is 0 Å². The predicted molar refractivity (Wildman–Crippen MR) is 93.2 cm³/mol. The number of hydrogen-bond acceptors (Lipinski definition) is 3. The van der Waals surface area contributed by atoms with Gasteiger partial charge in [0.2, 0.25) is 0 Å². The molecule has 0 bridgehead atoms.